The number of ketones is 1. The monoisotopic (exact) mass is 352 g/mol. The first kappa shape index (κ1) is 15.3. The summed E-state index contributed by atoms with van der Waals surface area (Å²) >= 11 is 4.90. The summed E-state index contributed by atoms with van der Waals surface area (Å²) in [4.78, 5) is 16.3. The summed E-state index contributed by atoms with van der Waals surface area (Å²) < 4.78 is 3.03. The van der Waals surface area contributed by atoms with Gasteiger partial charge >= 0.3 is 0 Å². The van der Waals surface area contributed by atoms with Gasteiger partial charge < -0.3 is 0 Å². The Kier molecular flexibility index (Phi) is 4.70. The van der Waals surface area contributed by atoms with Crippen molar-refractivity contribution < 1.29 is 4.79 Å². The zero-order valence-electron chi connectivity index (χ0n) is 11.8. The molecule has 0 radical (unpaired) electrons. The zero-order chi connectivity index (χ0) is 14.8. The van der Waals surface area contributed by atoms with Crippen LogP contribution in [0.2, 0.25) is 0 Å². The van der Waals surface area contributed by atoms with Crippen LogP contribution in [0.5, 0.6) is 0 Å². The van der Waals surface area contributed by atoms with Crippen molar-refractivity contribution in [2.75, 3.05) is 5.75 Å². The van der Waals surface area contributed by atoms with Crippen molar-refractivity contribution in [2.45, 2.75) is 25.9 Å². The third-order valence-electron chi connectivity index (χ3n) is 2.88. The summed E-state index contributed by atoms with van der Waals surface area (Å²) in [7, 11) is 0. The molecule has 1 aromatic heterocycles. The molecule has 0 bridgehead atoms. The fourth-order valence-corrected chi connectivity index (χ4v) is 2.94. The van der Waals surface area contributed by atoms with Crippen molar-refractivity contribution in [2.24, 2.45) is 5.41 Å². The minimum absolute atomic E-state index is 0.229. The Balaban J connectivity index is 2.13. The number of rotatable bonds is 4. The molecule has 0 aliphatic rings. The maximum Gasteiger partial charge on any atom is 0.173 e. The summed E-state index contributed by atoms with van der Waals surface area (Å²) in [6.45, 7) is 5.82. The predicted octanol–water partition coefficient (Wildman–Crippen LogP) is 4.34. The van der Waals surface area contributed by atoms with Crippen LogP contribution in [0.1, 0.15) is 20.8 Å². The van der Waals surface area contributed by atoms with Gasteiger partial charge in [-0.25, -0.2) is 4.98 Å². The molecule has 1 aromatic carbocycles. The quantitative estimate of drug-likeness (QED) is 0.767. The summed E-state index contributed by atoms with van der Waals surface area (Å²) in [5.41, 5.74) is 0.735. The number of imidazole rings is 1. The smallest absolute Gasteiger partial charge is 0.173 e. The van der Waals surface area contributed by atoms with E-state index in [1.54, 1.807) is 6.20 Å². The van der Waals surface area contributed by atoms with E-state index in [4.69, 9.17) is 0 Å². The average Bonchev–Trinajstić information content (AvgIpc) is 2.84. The van der Waals surface area contributed by atoms with Gasteiger partial charge in [-0.15, -0.1) is 0 Å². The van der Waals surface area contributed by atoms with Crippen molar-refractivity contribution in [1.82, 2.24) is 9.55 Å². The van der Waals surface area contributed by atoms with E-state index in [-0.39, 0.29) is 11.2 Å². The van der Waals surface area contributed by atoms with Crippen molar-refractivity contribution in [3.63, 3.8) is 0 Å². The lowest BCUT2D eigenvalue weighted by Gasteiger charge is -2.16. The maximum atomic E-state index is 12.0. The number of hydrogen-bond acceptors (Lipinski definition) is 3. The number of thioether (sulfide) groups is 1. The third-order valence-corrected chi connectivity index (χ3v) is 4.38. The SMILES string of the molecule is CC(C)(C)C(=O)CSc1nccn1-c1ccc(Br)cc1. The Bertz CT molecular complexity index is 599. The van der Waals surface area contributed by atoms with Crippen molar-refractivity contribution >= 4 is 33.5 Å². The highest BCUT2D eigenvalue weighted by Crippen LogP contribution is 2.25. The van der Waals surface area contributed by atoms with Gasteiger partial charge in [0.2, 0.25) is 0 Å². The number of aromatic nitrogens is 2. The first-order valence-electron chi connectivity index (χ1n) is 6.33. The Morgan fingerprint density at radius 2 is 1.95 bits per heavy atom. The number of halogens is 1. The second-order valence-electron chi connectivity index (χ2n) is 5.52. The molecule has 2 aromatic rings. The molecule has 3 nitrogen and oxygen atoms in total. The lowest BCUT2D eigenvalue weighted by Crippen LogP contribution is -2.22. The molecule has 2 rings (SSSR count). The van der Waals surface area contributed by atoms with Crippen LogP contribution in [0, 0.1) is 5.41 Å². The molecule has 0 unspecified atom stereocenters. The molecular weight excluding hydrogens is 336 g/mol. The number of carbonyl (C=O) groups excluding carboxylic acids is 1. The van der Waals surface area contributed by atoms with Crippen LogP contribution in [-0.4, -0.2) is 21.1 Å². The van der Waals surface area contributed by atoms with Crippen LogP contribution in [0.25, 0.3) is 5.69 Å². The second-order valence-corrected chi connectivity index (χ2v) is 7.38. The van der Waals surface area contributed by atoms with Gasteiger partial charge in [-0.3, -0.25) is 9.36 Å². The standard InChI is InChI=1S/C15H17BrN2OS/c1-15(2,3)13(19)10-20-14-17-8-9-18(14)12-6-4-11(16)5-7-12/h4-9H,10H2,1-3H3. The molecule has 0 aliphatic heterocycles. The number of nitrogens with zero attached hydrogens (tertiary/aromatic N) is 2. The molecule has 0 amide bonds. The Labute approximate surface area is 131 Å². The van der Waals surface area contributed by atoms with E-state index >= 15 is 0 Å². The molecule has 5 heteroatoms. The fourth-order valence-electron chi connectivity index (χ4n) is 1.54. The Morgan fingerprint density at radius 3 is 2.55 bits per heavy atom. The average molecular weight is 353 g/mol. The minimum atomic E-state index is -0.304. The highest BCUT2D eigenvalue weighted by atomic mass is 79.9. The van der Waals surface area contributed by atoms with Crippen LogP contribution >= 0.6 is 27.7 Å². The van der Waals surface area contributed by atoms with Crippen LogP contribution < -0.4 is 0 Å². The predicted molar refractivity (Wildman–Crippen MR) is 86.5 cm³/mol. The third kappa shape index (κ3) is 3.73. The van der Waals surface area contributed by atoms with Gasteiger partial charge in [-0.2, -0.15) is 0 Å². The summed E-state index contributed by atoms with van der Waals surface area (Å²) in [5.74, 6) is 0.671. The topological polar surface area (TPSA) is 34.9 Å². The zero-order valence-corrected chi connectivity index (χ0v) is 14.2. The number of carbonyl (C=O) groups is 1. The normalized spacial score (nSPS) is 11.6. The lowest BCUT2D eigenvalue weighted by molar-refractivity contribution is -0.123. The molecule has 1 heterocycles. The van der Waals surface area contributed by atoms with E-state index in [2.05, 4.69) is 20.9 Å². The van der Waals surface area contributed by atoms with Crippen LogP contribution in [0.15, 0.2) is 46.3 Å². The largest absolute Gasteiger partial charge is 0.298 e. The minimum Gasteiger partial charge on any atom is -0.298 e. The second kappa shape index (κ2) is 6.14. The van der Waals surface area contributed by atoms with Gasteiger partial charge in [0.25, 0.3) is 0 Å². The van der Waals surface area contributed by atoms with Crippen LogP contribution in [0.3, 0.4) is 0 Å². The molecule has 0 spiro atoms. The molecular formula is C15H17BrN2OS. The highest BCUT2D eigenvalue weighted by Gasteiger charge is 2.21. The lowest BCUT2D eigenvalue weighted by atomic mass is 9.92. The maximum absolute atomic E-state index is 12.0. The molecule has 0 atom stereocenters. The molecule has 0 saturated heterocycles. The number of benzene rings is 1. The van der Waals surface area contributed by atoms with E-state index < -0.39 is 0 Å². The molecule has 0 N–H and O–H groups in total. The van der Waals surface area contributed by atoms with E-state index in [1.165, 1.54) is 11.8 Å². The van der Waals surface area contributed by atoms with Gasteiger partial charge in [-0.05, 0) is 24.3 Å². The van der Waals surface area contributed by atoms with Gasteiger partial charge in [0.05, 0.1) is 5.75 Å². The van der Waals surface area contributed by atoms with E-state index in [1.807, 2.05) is 55.8 Å². The first-order valence-corrected chi connectivity index (χ1v) is 8.11. The van der Waals surface area contributed by atoms with E-state index in [0.29, 0.717) is 5.75 Å². The Hall–Kier alpha value is -1.07. The van der Waals surface area contributed by atoms with Crippen molar-refractivity contribution in [3.8, 4) is 5.69 Å². The van der Waals surface area contributed by atoms with Crippen LogP contribution in [-0.2, 0) is 4.79 Å². The van der Waals surface area contributed by atoms with Gasteiger partial charge in [-0.1, -0.05) is 48.5 Å². The first-order chi connectivity index (χ1) is 9.38. The van der Waals surface area contributed by atoms with Gasteiger partial charge in [0, 0.05) is 28.0 Å². The Morgan fingerprint density at radius 1 is 1.30 bits per heavy atom. The van der Waals surface area contributed by atoms with E-state index in [9.17, 15) is 4.79 Å². The molecule has 106 valence electrons. The summed E-state index contributed by atoms with van der Waals surface area (Å²) in [6, 6.07) is 8.01. The number of Topliss-reactive ketones (excluding diaryl/α,β-unsaturated/α-hetero) is 1. The summed E-state index contributed by atoms with van der Waals surface area (Å²) in [6.07, 6.45) is 3.67. The van der Waals surface area contributed by atoms with E-state index in [0.717, 1.165) is 15.3 Å². The van der Waals surface area contributed by atoms with Crippen molar-refractivity contribution in [3.05, 3.63) is 41.1 Å². The van der Waals surface area contributed by atoms with Crippen LogP contribution in [0.4, 0.5) is 0 Å². The fraction of sp³-hybridized carbons (Fsp3) is 0.333. The summed E-state index contributed by atoms with van der Waals surface area (Å²) in [5, 5.41) is 0.838. The molecule has 0 fully saturated rings. The highest BCUT2D eigenvalue weighted by molar-refractivity contribution is 9.10. The van der Waals surface area contributed by atoms with Crippen molar-refractivity contribution in [1.29, 1.82) is 0 Å². The van der Waals surface area contributed by atoms with Gasteiger partial charge in [0.1, 0.15) is 5.78 Å². The molecule has 20 heavy (non-hydrogen) atoms. The van der Waals surface area contributed by atoms with Gasteiger partial charge in [0.15, 0.2) is 5.16 Å². The number of hydrogen-bond donors (Lipinski definition) is 0. The molecule has 0 aliphatic carbocycles. The molecule has 0 saturated carbocycles.